The van der Waals surface area contributed by atoms with Crippen molar-refractivity contribution >= 4 is 49.8 Å². The predicted octanol–water partition coefficient (Wildman–Crippen LogP) is 11.5. The average Bonchev–Trinajstić information content (AvgIpc) is 3.42. The molecule has 0 aliphatic heterocycles. The Hall–Kier alpha value is -5.60. The van der Waals surface area contributed by atoms with Crippen molar-refractivity contribution in [3.63, 3.8) is 0 Å². The van der Waals surface area contributed by atoms with Crippen LogP contribution in [-0.2, 0) is 0 Å². The molecule has 0 saturated carbocycles. The Bertz CT molecular complexity index is 2180. The summed E-state index contributed by atoms with van der Waals surface area (Å²) in [7, 11) is 0. The van der Waals surface area contributed by atoms with Crippen LogP contribution >= 0.6 is 0 Å². The van der Waals surface area contributed by atoms with Gasteiger partial charge in [0.05, 0.1) is 5.69 Å². The normalized spacial score (nSPS) is 11.3. The van der Waals surface area contributed by atoms with Crippen LogP contribution in [0.15, 0.2) is 168 Å². The summed E-state index contributed by atoms with van der Waals surface area (Å²) >= 11 is 0. The summed E-state index contributed by atoms with van der Waals surface area (Å²) in [4.78, 5) is 2.34. The largest absolute Gasteiger partial charge is 0.456 e. The van der Waals surface area contributed by atoms with E-state index >= 15 is 0 Å². The highest BCUT2D eigenvalue weighted by Gasteiger charge is 2.18. The van der Waals surface area contributed by atoms with E-state index in [2.05, 4.69) is 169 Å². The van der Waals surface area contributed by atoms with Crippen molar-refractivity contribution in [2.24, 2.45) is 0 Å². The molecule has 7 aromatic carbocycles. The Balaban J connectivity index is 1.28. The lowest BCUT2D eigenvalue weighted by molar-refractivity contribution is 0.669. The van der Waals surface area contributed by atoms with Crippen molar-refractivity contribution in [3.05, 3.63) is 164 Å². The SMILES string of the molecule is c1ccc(-c2ccc(N(c3ccccc3)c3ccccc3-c3ccc4oc5cc6ccccc6cc5c4c3)cc2)cc1. The first-order valence-electron chi connectivity index (χ1n) is 14.3. The van der Waals surface area contributed by atoms with Crippen LogP contribution < -0.4 is 4.90 Å². The van der Waals surface area contributed by atoms with E-state index in [1.165, 1.54) is 21.9 Å². The van der Waals surface area contributed by atoms with Gasteiger partial charge >= 0.3 is 0 Å². The van der Waals surface area contributed by atoms with E-state index in [1.807, 2.05) is 0 Å². The van der Waals surface area contributed by atoms with Crippen LogP contribution in [0.25, 0.3) is 55.0 Å². The average molecular weight is 538 g/mol. The smallest absolute Gasteiger partial charge is 0.136 e. The van der Waals surface area contributed by atoms with Crippen LogP contribution in [-0.4, -0.2) is 0 Å². The van der Waals surface area contributed by atoms with Gasteiger partial charge in [0.25, 0.3) is 0 Å². The van der Waals surface area contributed by atoms with Gasteiger partial charge in [-0.25, -0.2) is 0 Å². The summed E-state index contributed by atoms with van der Waals surface area (Å²) < 4.78 is 6.30. The number of rotatable bonds is 5. The maximum absolute atomic E-state index is 6.30. The zero-order valence-electron chi connectivity index (χ0n) is 22.9. The van der Waals surface area contributed by atoms with Gasteiger partial charge in [-0.2, -0.15) is 0 Å². The number of fused-ring (bicyclic) bond motifs is 4. The third-order valence-electron chi connectivity index (χ3n) is 8.04. The third kappa shape index (κ3) is 4.22. The standard InChI is InChI=1S/C40H27NO/c1-3-11-28(12-4-1)29-19-22-34(23-20-29)41(33-15-5-2-6-16-33)38-18-10-9-17-35(38)32-21-24-39-36(26-32)37-25-30-13-7-8-14-31(30)27-40(37)42-39/h1-27H. The maximum atomic E-state index is 6.30. The van der Waals surface area contributed by atoms with Crippen LogP contribution in [0.2, 0.25) is 0 Å². The molecular formula is C40H27NO. The van der Waals surface area contributed by atoms with Crippen LogP contribution in [0.1, 0.15) is 0 Å². The summed E-state index contributed by atoms with van der Waals surface area (Å²) in [6.07, 6.45) is 0. The molecule has 2 heteroatoms. The number of benzene rings is 7. The molecule has 0 aliphatic rings. The van der Waals surface area contributed by atoms with E-state index in [9.17, 15) is 0 Å². The second kappa shape index (κ2) is 10.1. The molecule has 0 bridgehead atoms. The second-order valence-electron chi connectivity index (χ2n) is 10.6. The first-order valence-corrected chi connectivity index (χ1v) is 14.3. The molecule has 0 spiro atoms. The fourth-order valence-electron chi connectivity index (χ4n) is 5.98. The van der Waals surface area contributed by atoms with E-state index in [4.69, 9.17) is 4.42 Å². The molecule has 1 aromatic heterocycles. The second-order valence-corrected chi connectivity index (χ2v) is 10.6. The highest BCUT2D eigenvalue weighted by Crippen LogP contribution is 2.42. The zero-order chi connectivity index (χ0) is 27.9. The molecule has 0 radical (unpaired) electrons. The molecule has 8 rings (SSSR count). The number of furan rings is 1. The van der Waals surface area contributed by atoms with Gasteiger partial charge < -0.3 is 9.32 Å². The van der Waals surface area contributed by atoms with E-state index < -0.39 is 0 Å². The highest BCUT2D eigenvalue weighted by atomic mass is 16.3. The Morgan fingerprint density at radius 2 is 0.952 bits per heavy atom. The Morgan fingerprint density at radius 3 is 1.74 bits per heavy atom. The molecule has 42 heavy (non-hydrogen) atoms. The summed E-state index contributed by atoms with van der Waals surface area (Å²) in [5.41, 5.74) is 9.87. The number of anilines is 3. The van der Waals surface area contributed by atoms with E-state index in [-0.39, 0.29) is 0 Å². The van der Waals surface area contributed by atoms with Gasteiger partial charge in [-0.1, -0.05) is 109 Å². The van der Waals surface area contributed by atoms with E-state index in [0.29, 0.717) is 0 Å². The summed E-state index contributed by atoms with van der Waals surface area (Å²) in [6.45, 7) is 0. The fourth-order valence-corrected chi connectivity index (χ4v) is 5.98. The van der Waals surface area contributed by atoms with Crippen LogP contribution in [0.4, 0.5) is 17.1 Å². The molecule has 0 unspecified atom stereocenters. The molecule has 8 aromatic rings. The van der Waals surface area contributed by atoms with Gasteiger partial charge in [-0.05, 0) is 82.1 Å². The molecular weight excluding hydrogens is 510 g/mol. The first kappa shape index (κ1) is 24.2. The topological polar surface area (TPSA) is 16.4 Å². The van der Waals surface area contributed by atoms with E-state index in [0.717, 1.165) is 50.1 Å². The van der Waals surface area contributed by atoms with Gasteiger partial charge in [-0.3, -0.25) is 0 Å². The molecule has 0 aliphatic carbocycles. The summed E-state index contributed by atoms with van der Waals surface area (Å²) in [6, 6.07) is 58.0. The van der Waals surface area contributed by atoms with Crippen molar-refractivity contribution in [1.29, 1.82) is 0 Å². The van der Waals surface area contributed by atoms with Crippen molar-refractivity contribution < 1.29 is 4.42 Å². The molecule has 2 nitrogen and oxygen atoms in total. The maximum Gasteiger partial charge on any atom is 0.136 e. The van der Waals surface area contributed by atoms with Crippen LogP contribution in [0.5, 0.6) is 0 Å². The quantitative estimate of drug-likeness (QED) is 0.217. The summed E-state index contributed by atoms with van der Waals surface area (Å²) in [5, 5.41) is 4.67. The minimum absolute atomic E-state index is 0.901. The van der Waals surface area contributed by atoms with Crippen molar-refractivity contribution in [3.8, 4) is 22.3 Å². The zero-order valence-corrected chi connectivity index (χ0v) is 22.9. The lowest BCUT2D eigenvalue weighted by atomic mass is 9.99. The van der Waals surface area contributed by atoms with Gasteiger partial charge in [0.1, 0.15) is 11.2 Å². The van der Waals surface area contributed by atoms with Crippen molar-refractivity contribution in [1.82, 2.24) is 0 Å². The third-order valence-corrected chi connectivity index (χ3v) is 8.04. The van der Waals surface area contributed by atoms with E-state index in [1.54, 1.807) is 0 Å². The number of para-hydroxylation sites is 2. The predicted molar refractivity (Wildman–Crippen MR) is 177 cm³/mol. The van der Waals surface area contributed by atoms with Gasteiger partial charge in [0.15, 0.2) is 0 Å². The van der Waals surface area contributed by atoms with Crippen molar-refractivity contribution in [2.75, 3.05) is 4.90 Å². The molecule has 0 fully saturated rings. The number of hydrogen-bond acceptors (Lipinski definition) is 2. The fraction of sp³-hybridized carbons (Fsp3) is 0. The van der Waals surface area contributed by atoms with Gasteiger partial charge in [-0.15, -0.1) is 0 Å². The molecule has 0 atom stereocenters. The lowest BCUT2D eigenvalue weighted by Gasteiger charge is -2.28. The Kier molecular flexibility index (Phi) is 5.82. The molecule has 0 amide bonds. The monoisotopic (exact) mass is 537 g/mol. The molecule has 198 valence electrons. The molecule has 1 heterocycles. The number of hydrogen-bond donors (Lipinski definition) is 0. The van der Waals surface area contributed by atoms with Crippen LogP contribution in [0.3, 0.4) is 0 Å². The lowest BCUT2D eigenvalue weighted by Crippen LogP contribution is -2.11. The molecule has 0 N–H and O–H groups in total. The van der Waals surface area contributed by atoms with Crippen LogP contribution in [0, 0.1) is 0 Å². The minimum Gasteiger partial charge on any atom is -0.456 e. The Labute approximate surface area is 244 Å². The van der Waals surface area contributed by atoms with Gasteiger partial charge in [0.2, 0.25) is 0 Å². The number of nitrogens with zero attached hydrogens (tertiary/aromatic N) is 1. The Morgan fingerprint density at radius 1 is 0.381 bits per heavy atom. The highest BCUT2D eigenvalue weighted by molar-refractivity contribution is 6.11. The molecule has 0 saturated heterocycles. The van der Waals surface area contributed by atoms with Crippen molar-refractivity contribution in [2.45, 2.75) is 0 Å². The minimum atomic E-state index is 0.901. The first-order chi connectivity index (χ1) is 20.8. The summed E-state index contributed by atoms with van der Waals surface area (Å²) in [5.74, 6) is 0. The van der Waals surface area contributed by atoms with Gasteiger partial charge in [0, 0.05) is 27.7 Å².